The summed E-state index contributed by atoms with van der Waals surface area (Å²) < 4.78 is 29.5. The van der Waals surface area contributed by atoms with Crippen LogP contribution in [0.25, 0.3) is 0 Å². The minimum absolute atomic E-state index is 0.119. The van der Waals surface area contributed by atoms with Gasteiger partial charge < -0.3 is 15.0 Å². The zero-order valence-electron chi connectivity index (χ0n) is 15.8. The number of guanidine groups is 1. The average Bonchev–Trinajstić information content (AvgIpc) is 2.56. The predicted molar refractivity (Wildman–Crippen MR) is 107 cm³/mol. The van der Waals surface area contributed by atoms with E-state index in [1.807, 2.05) is 30.9 Å². The molecule has 8 heteroatoms. The van der Waals surface area contributed by atoms with Crippen LogP contribution in [0.4, 0.5) is 0 Å². The van der Waals surface area contributed by atoms with Gasteiger partial charge in [0.2, 0.25) is 0 Å². The molecule has 1 aromatic rings. The minimum atomic E-state index is -3.08. The van der Waals surface area contributed by atoms with Gasteiger partial charge in [-0.05, 0) is 52.0 Å². The molecule has 1 unspecified atom stereocenters. The Labute approximate surface area is 161 Å². The van der Waals surface area contributed by atoms with E-state index in [4.69, 9.17) is 16.3 Å². The highest BCUT2D eigenvalue weighted by Crippen LogP contribution is 2.23. The van der Waals surface area contributed by atoms with Crippen LogP contribution < -0.4 is 10.1 Å². The van der Waals surface area contributed by atoms with E-state index >= 15 is 0 Å². The lowest BCUT2D eigenvalue weighted by Gasteiger charge is -2.39. The van der Waals surface area contributed by atoms with Crippen molar-refractivity contribution in [3.05, 3.63) is 29.3 Å². The van der Waals surface area contributed by atoms with E-state index in [2.05, 4.69) is 10.3 Å². The molecule has 1 saturated heterocycles. The Balaban J connectivity index is 2.03. The zero-order chi connectivity index (χ0) is 19.4. The molecule has 0 radical (unpaired) electrons. The van der Waals surface area contributed by atoms with Crippen molar-refractivity contribution in [2.24, 2.45) is 4.99 Å². The van der Waals surface area contributed by atoms with Gasteiger partial charge in [-0.15, -0.1) is 0 Å². The lowest BCUT2D eigenvalue weighted by atomic mass is 10.2. The van der Waals surface area contributed by atoms with Crippen LogP contribution in [-0.4, -0.2) is 62.1 Å². The second-order valence-corrected chi connectivity index (χ2v) is 10.3. The second kappa shape index (κ2) is 8.48. The first-order chi connectivity index (χ1) is 12.1. The van der Waals surface area contributed by atoms with Crippen molar-refractivity contribution < 1.29 is 13.2 Å². The summed E-state index contributed by atoms with van der Waals surface area (Å²) in [5, 5.41) is 3.92. The summed E-state index contributed by atoms with van der Waals surface area (Å²) in [7, 11) is -3.08. The molecule has 0 aliphatic carbocycles. The molecule has 1 aliphatic rings. The molecule has 1 aromatic carbocycles. The summed E-state index contributed by atoms with van der Waals surface area (Å²) >= 11 is 5.88. The maximum Gasteiger partial charge on any atom is 0.194 e. The molecular formula is C18H28ClN3O3S. The average molecular weight is 402 g/mol. The highest BCUT2D eigenvalue weighted by molar-refractivity contribution is 7.92. The molecule has 1 heterocycles. The molecule has 1 atom stereocenters. The van der Waals surface area contributed by atoms with E-state index in [1.54, 1.807) is 26.0 Å². The molecule has 6 nitrogen and oxygen atoms in total. The van der Waals surface area contributed by atoms with E-state index in [-0.39, 0.29) is 11.9 Å². The molecule has 0 aromatic heterocycles. The van der Waals surface area contributed by atoms with Crippen molar-refractivity contribution in [1.29, 1.82) is 0 Å². The third kappa shape index (κ3) is 5.27. The number of rotatable bonds is 5. The number of ether oxygens (including phenoxy) is 1. The lowest BCUT2D eigenvalue weighted by Crippen LogP contribution is -2.57. The molecule has 1 N–H and O–H groups in total. The maximum absolute atomic E-state index is 12.2. The molecule has 26 heavy (non-hydrogen) atoms. The molecule has 0 saturated carbocycles. The number of aliphatic imine (C=N–C) groups is 1. The number of nitrogens with zero attached hydrogens (tertiary/aromatic N) is 2. The van der Waals surface area contributed by atoms with E-state index in [0.717, 1.165) is 18.3 Å². The number of halogens is 1. The number of hydrogen-bond donors (Lipinski definition) is 1. The van der Waals surface area contributed by atoms with Gasteiger partial charge in [-0.1, -0.05) is 11.6 Å². The van der Waals surface area contributed by atoms with Crippen LogP contribution in [0.3, 0.4) is 0 Å². The molecule has 146 valence electrons. The molecule has 1 aliphatic heterocycles. The Hall–Kier alpha value is -1.47. The Morgan fingerprint density at radius 3 is 2.62 bits per heavy atom. The van der Waals surface area contributed by atoms with Gasteiger partial charge in [-0.2, -0.15) is 0 Å². The van der Waals surface area contributed by atoms with E-state index in [1.165, 1.54) is 0 Å². The number of nitrogens with one attached hydrogen (secondary N) is 1. The van der Waals surface area contributed by atoms with E-state index in [9.17, 15) is 8.42 Å². The topological polar surface area (TPSA) is 71.0 Å². The zero-order valence-corrected chi connectivity index (χ0v) is 17.4. The van der Waals surface area contributed by atoms with Crippen molar-refractivity contribution >= 4 is 27.4 Å². The van der Waals surface area contributed by atoms with Crippen molar-refractivity contribution in [2.75, 3.05) is 31.9 Å². The van der Waals surface area contributed by atoms with Gasteiger partial charge in [0, 0.05) is 24.7 Å². The lowest BCUT2D eigenvalue weighted by molar-refractivity contribution is 0.229. The second-order valence-electron chi connectivity index (χ2n) is 7.08. The Kier molecular flexibility index (Phi) is 6.80. The van der Waals surface area contributed by atoms with Crippen LogP contribution >= 0.6 is 11.6 Å². The minimum Gasteiger partial charge on any atom is -0.489 e. The van der Waals surface area contributed by atoms with Crippen LogP contribution in [-0.2, 0) is 9.84 Å². The normalized spacial score (nSPS) is 20.5. The summed E-state index contributed by atoms with van der Waals surface area (Å²) in [5.41, 5.74) is 0. The van der Waals surface area contributed by atoms with E-state index in [0.29, 0.717) is 24.7 Å². The van der Waals surface area contributed by atoms with Crippen molar-refractivity contribution in [2.45, 2.75) is 38.5 Å². The quantitative estimate of drug-likeness (QED) is 0.606. The van der Waals surface area contributed by atoms with Gasteiger partial charge in [0.25, 0.3) is 0 Å². The fourth-order valence-electron chi connectivity index (χ4n) is 2.75. The summed E-state index contributed by atoms with van der Waals surface area (Å²) in [6, 6.07) is 7.22. The molecule has 0 bridgehead atoms. The Bertz CT molecular complexity index is 733. The summed E-state index contributed by atoms with van der Waals surface area (Å²) in [4.78, 5) is 6.66. The molecule has 1 fully saturated rings. The molecule has 0 amide bonds. The molecular weight excluding hydrogens is 374 g/mol. The standard InChI is InChI=1S/C18H28ClN3O3S/c1-5-20-17(22-10-11-26(23,24)18(3,4)13-22)21-12-14(2)25-16-8-6-15(19)7-9-16/h6-9,14H,5,10-13H2,1-4H3,(H,20,21). The fraction of sp³-hybridized carbons (Fsp3) is 0.611. The van der Waals surface area contributed by atoms with Gasteiger partial charge in [-0.3, -0.25) is 0 Å². The summed E-state index contributed by atoms with van der Waals surface area (Å²) in [5.74, 6) is 1.61. The first kappa shape index (κ1) is 20.8. The van der Waals surface area contributed by atoms with Gasteiger partial charge in [0.1, 0.15) is 11.9 Å². The molecule has 2 rings (SSSR count). The molecule has 0 spiro atoms. The Morgan fingerprint density at radius 2 is 2.04 bits per heavy atom. The first-order valence-corrected chi connectivity index (χ1v) is 10.9. The van der Waals surface area contributed by atoms with Crippen LogP contribution in [0.5, 0.6) is 5.75 Å². The largest absolute Gasteiger partial charge is 0.489 e. The van der Waals surface area contributed by atoms with Gasteiger partial charge >= 0.3 is 0 Å². The first-order valence-electron chi connectivity index (χ1n) is 8.82. The smallest absolute Gasteiger partial charge is 0.194 e. The monoisotopic (exact) mass is 401 g/mol. The predicted octanol–water partition coefficient (Wildman–Crippen LogP) is 2.58. The number of sulfone groups is 1. The third-order valence-corrected chi connectivity index (χ3v) is 7.11. The summed E-state index contributed by atoms with van der Waals surface area (Å²) in [6.07, 6.45) is -0.119. The van der Waals surface area contributed by atoms with Gasteiger partial charge in [0.05, 0.1) is 17.0 Å². The highest BCUT2D eigenvalue weighted by atomic mass is 35.5. The SMILES string of the molecule is CCNC(=NCC(C)Oc1ccc(Cl)cc1)N1CCS(=O)(=O)C(C)(C)C1. The van der Waals surface area contributed by atoms with E-state index < -0.39 is 14.6 Å². The van der Waals surface area contributed by atoms with Gasteiger partial charge in [0.15, 0.2) is 15.8 Å². The van der Waals surface area contributed by atoms with Crippen molar-refractivity contribution in [3.8, 4) is 5.75 Å². The van der Waals surface area contributed by atoms with Crippen LogP contribution in [0.1, 0.15) is 27.7 Å². The van der Waals surface area contributed by atoms with Crippen LogP contribution in [0.2, 0.25) is 5.02 Å². The van der Waals surface area contributed by atoms with Crippen molar-refractivity contribution in [3.63, 3.8) is 0 Å². The van der Waals surface area contributed by atoms with Crippen molar-refractivity contribution in [1.82, 2.24) is 10.2 Å². The summed E-state index contributed by atoms with van der Waals surface area (Å²) in [6.45, 7) is 9.54. The fourth-order valence-corrected chi connectivity index (χ4v) is 4.24. The van der Waals surface area contributed by atoms with Crippen LogP contribution in [0.15, 0.2) is 29.3 Å². The van der Waals surface area contributed by atoms with Gasteiger partial charge in [-0.25, -0.2) is 13.4 Å². The Morgan fingerprint density at radius 1 is 1.38 bits per heavy atom. The third-order valence-electron chi connectivity index (χ3n) is 4.33. The number of benzene rings is 1. The maximum atomic E-state index is 12.2. The van der Waals surface area contributed by atoms with Crippen LogP contribution in [0, 0.1) is 0 Å². The number of hydrogen-bond acceptors (Lipinski definition) is 4. The highest BCUT2D eigenvalue weighted by Gasteiger charge is 2.40.